The largest absolute Gasteiger partial charge is 0.252 e. The number of hydrogen-bond donors (Lipinski definition) is 1. The molecule has 0 aliphatic heterocycles. The van der Waals surface area contributed by atoms with Crippen LogP contribution < -0.4 is 5.43 Å². The molecule has 11 heavy (non-hydrogen) atoms. The van der Waals surface area contributed by atoms with Gasteiger partial charge in [0.15, 0.2) is 0 Å². The topological polar surface area (TPSA) is 15.3 Å². The van der Waals surface area contributed by atoms with E-state index in [1.54, 1.807) is 0 Å². The number of hydrazine groups is 1. The van der Waals surface area contributed by atoms with Gasteiger partial charge in [0.05, 0.1) is 0 Å². The van der Waals surface area contributed by atoms with E-state index in [0.717, 1.165) is 0 Å². The summed E-state index contributed by atoms with van der Waals surface area (Å²) in [5.41, 5.74) is 3.96. The molecule has 0 aromatic heterocycles. The van der Waals surface area contributed by atoms with Crippen molar-refractivity contribution in [2.24, 2.45) is 5.41 Å². The van der Waals surface area contributed by atoms with Gasteiger partial charge in [0.25, 0.3) is 0 Å². The molecule has 0 heterocycles. The van der Waals surface area contributed by atoms with Crippen molar-refractivity contribution in [2.75, 3.05) is 14.1 Å². The zero-order chi connectivity index (χ0) is 8.48. The van der Waals surface area contributed by atoms with Crippen molar-refractivity contribution >= 4 is 0 Å². The maximum Gasteiger partial charge on any atom is 0.0266 e. The van der Waals surface area contributed by atoms with Crippen molar-refractivity contribution in [1.29, 1.82) is 0 Å². The van der Waals surface area contributed by atoms with Crippen LogP contribution in [0.1, 0.15) is 33.1 Å². The van der Waals surface area contributed by atoms with Crippen LogP contribution >= 0.6 is 0 Å². The molecule has 1 fully saturated rings. The van der Waals surface area contributed by atoms with E-state index >= 15 is 0 Å². The number of nitrogens with zero attached hydrogens (tertiary/aromatic N) is 1. The van der Waals surface area contributed by atoms with Crippen LogP contribution in [0.5, 0.6) is 0 Å². The summed E-state index contributed by atoms with van der Waals surface area (Å²) < 4.78 is 0. The third-order valence-electron chi connectivity index (χ3n) is 2.67. The van der Waals surface area contributed by atoms with Gasteiger partial charge >= 0.3 is 0 Å². The highest BCUT2D eigenvalue weighted by molar-refractivity contribution is 4.88. The smallest absolute Gasteiger partial charge is 0.0266 e. The summed E-state index contributed by atoms with van der Waals surface area (Å²) in [5, 5.41) is 2.07. The van der Waals surface area contributed by atoms with Gasteiger partial charge in [-0.05, 0) is 18.3 Å². The van der Waals surface area contributed by atoms with Crippen LogP contribution in [0.2, 0.25) is 0 Å². The fourth-order valence-corrected chi connectivity index (χ4v) is 1.88. The molecule has 2 heteroatoms. The highest BCUT2D eigenvalue weighted by Crippen LogP contribution is 2.36. The molecule has 0 saturated heterocycles. The monoisotopic (exact) mass is 156 g/mol. The second kappa shape index (κ2) is 3.11. The molecule has 2 nitrogen and oxygen atoms in total. The average molecular weight is 156 g/mol. The van der Waals surface area contributed by atoms with E-state index in [1.807, 2.05) is 0 Å². The Morgan fingerprint density at radius 1 is 1.36 bits per heavy atom. The molecule has 1 rings (SSSR count). The normalized spacial score (nSPS) is 29.7. The maximum atomic E-state index is 3.47. The molecule has 0 bridgehead atoms. The van der Waals surface area contributed by atoms with Crippen molar-refractivity contribution < 1.29 is 0 Å². The molecule has 1 aliphatic carbocycles. The van der Waals surface area contributed by atoms with Crippen LogP contribution in [0.25, 0.3) is 0 Å². The first-order valence-corrected chi connectivity index (χ1v) is 4.46. The van der Waals surface area contributed by atoms with E-state index in [4.69, 9.17) is 0 Å². The zero-order valence-electron chi connectivity index (χ0n) is 8.15. The highest BCUT2D eigenvalue weighted by Gasteiger charge is 2.34. The van der Waals surface area contributed by atoms with Crippen molar-refractivity contribution in [1.82, 2.24) is 10.4 Å². The average Bonchev–Trinajstić information content (AvgIpc) is 2.10. The van der Waals surface area contributed by atoms with Gasteiger partial charge in [-0.2, -0.15) is 0 Å². The zero-order valence-corrected chi connectivity index (χ0v) is 8.15. The summed E-state index contributed by atoms with van der Waals surface area (Å²) in [6.45, 7) is 4.70. The lowest BCUT2D eigenvalue weighted by atomic mass is 9.88. The molecule has 1 unspecified atom stereocenters. The van der Waals surface area contributed by atoms with Crippen LogP contribution in [-0.4, -0.2) is 25.1 Å². The molecular formula is C9H20N2. The van der Waals surface area contributed by atoms with Crippen molar-refractivity contribution in [3.8, 4) is 0 Å². The van der Waals surface area contributed by atoms with Crippen molar-refractivity contribution in [3.63, 3.8) is 0 Å². The van der Waals surface area contributed by atoms with Gasteiger partial charge in [0.1, 0.15) is 0 Å². The first-order chi connectivity index (χ1) is 5.02. The van der Waals surface area contributed by atoms with Crippen LogP contribution in [0.15, 0.2) is 0 Å². The van der Waals surface area contributed by atoms with Gasteiger partial charge in [-0.25, -0.2) is 0 Å². The van der Waals surface area contributed by atoms with Gasteiger partial charge in [0, 0.05) is 20.1 Å². The Kier molecular flexibility index (Phi) is 2.55. The molecule has 1 aliphatic rings. The summed E-state index contributed by atoms with van der Waals surface area (Å²) >= 11 is 0. The first-order valence-electron chi connectivity index (χ1n) is 4.46. The standard InChI is InChI=1S/C9H20N2/c1-9(2)7-5-6-8(9)10-11(3)4/h8,10H,5-7H2,1-4H3. The Balaban J connectivity index is 2.45. The molecule has 1 N–H and O–H groups in total. The Bertz CT molecular complexity index is 130. The highest BCUT2D eigenvalue weighted by atomic mass is 15.5. The van der Waals surface area contributed by atoms with E-state index < -0.39 is 0 Å². The SMILES string of the molecule is CN(C)NC1CCCC1(C)C. The lowest BCUT2D eigenvalue weighted by Crippen LogP contribution is -2.45. The molecule has 1 saturated carbocycles. The van der Waals surface area contributed by atoms with E-state index in [1.165, 1.54) is 19.3 Å². The lowest BCUT2D eigenvalue weighted by Gasteiger charge is -2.30. The fraction of sp³-hybridized carbons (Fsp3) is 1.00. The molecular weight excluding hydrogens is 136 g/mol. The molecule has 66 valence electrons. The summed E-state index contributed by atoms with van der Waals surface area (Å²) in [6.07, 6.45) is 4.06. The maximum absolute atomic E-state index is 3.47. The van der Waals surface area contributed by atoms with Gasteiger partial charge in [-0.1, -0.05) is 20.3 Å². The van der Waals surface area contributed by atoms with Crippen LogP contribution in [0.3, 0.4) is 0 Å². The Morgan fingerprint density at radius 2 is 2.00 bits per heavy atom. The van der Waals surface area contributed by atoms with Gasteiger partial charge in [-0.3, -0.25) is 10.4 Å². The Labute approximate surface area is 69.9 Å². The minimum atomic E-state index is 0.490. The predicted octanol–water partition coefficient (Wildman–Crippen LogP) is 1.63. The van der Waals surface area contributed by atoms with E-state index in [-0.39, 0.29) is 0 Å². The minimum absolute atomic E-state index is 0.490. The van der Waals surface area contributed by atoms with Crippen LogP contribution in [0, 0.1) is 5.41 Å². The van der Waals surface area contributed by atoms with Crippen molar-refractivity contribution in [2.45, 2.75) is 39.2 Å². The molecule has 0 aromatic rings. The molecule has 0 spiro atoms. The van der Waals surface area contributed by atoms with Gasteiger partial charge in [-0.15, -0.1) is 0 Å². The fourth-order valence-electron chi connectivity index (χ4n) is 1.88. The summed E-state index contributed by atoms with van der Waals surface area (Å²) in [4.78, 5) is 0. The van der Waals surface area contributed by atoms with Crippen LogP contribution in [-0.2, 0) is 0 Å². The Morgan fingerprint density at radius 3 is 2.36 bits per heavy atom. The molecule has 0 radical (unpaired) electrons. The molecule has 0 aromatic carbocycles. The number of rotatable bonds is 2. The number of hydrogen-bond acceptors (Lipinski definition) is 2. The summed E-state index contributed by atoms with van der Waals surface area (Å²) in [5.74, 6) is 0. The number of nitrogens with one attached hydrogen (secondary N) is 1. The van der Waals surface area contributed by atoms with Crippen molar-refractivity contribution in [3.05, 3.63) is 0 Å². The predicted molar refractivity (Wildman–Crippen MR) is 48.2 cm³/mol. The Hall–Kier alpha value is -0.0800. The van der Waals surface area contributed by atoms with E-state index in [2.05, 4.69) is 38.4 Å². The second-order valence-electron chi connectivity index (χ2n) is 4.46. The first kappa shape index (κ1) is 9.01. The van der Waals surface area contributed by atoms with Gasteiger partial charge < -0.3 is 0 Å². The quantitative estimate of drug-likeness (QED) is 0.611. The minimum Gasteiger partial charge on any atom is -0.252 e. The summed E-state index contributed by atoms with van der Waals surface area (Å²) in [7, 11) is 4.13. The molecule has 0 amide bonds. The van der Waals surface area contributed by atoms with E-state index in [9.17, 15) is 0 Å². The van der Waals surface area contributed by atoms with Gasteiger partial charge in [0.2, 0.25) is 0 Å². The van der Waals surface area contributed by atoms with E-state index in [0.29, 0.717) is 11.5 Å². The third kappa shape index (κ3) is 2.17. The molecule has 1 atom stereocenters. The van der Waals surface area contributed by atoms with Crippen LogP contribution in [0.4, 0.5) is 0 Å². The lowest BCUT2D eigenvalue weighted by molar-refractivity contribution is 0.168. The third-order valence-corrected chi connectivity index (χ3v) is 2.67. The summed E-state index contributed by atoms with van der Waals surface area (Å²) in [6, 6.07) is 0.678. The second-order valence-corrected chi connectivity index (χ2v) is 4.46.